The minimum atomic E-state index is -0.0367. The Morgan fingerprint density at radius 1 is 0.839 bits per heavy atom. The molecule has 0 saturated heterocycles. The van der Waals surface area contributed by atoms with Crippen LogP contribution in [0, 0.1) is 13.8 Å². The van der Waals surface area contributed by atoms with Gasteiger partial charge < -0.3 is 5.21 Å². The van der Waals surface area contributed by atoms with Crippen molar-refractivity contribution >= 4 is 5.71 Å². The number of nitrogens with zero attached hydrogens (tertiary/aromatic N) is 3. The van der Waals surface area contributed by atoms with Gasteiger partial charge in [-0.25, -0.2) is 0 Å². The van der Waals surface area contributed by atoms with Gasteiger partial charge in [0.15, 0.2) is 0 Å². The molecule has 2 aromatic heterocycles. The summed E-state index contributed by atoms with van der Waals surface area (Å²) in [6.45, 7) is 4.00. The molecule has 0 fully saturated rings. The maximum atomic E-state index is 9.82. The lowest BCUT2D eigenvalue weighted by Crippen LogP contribution is -2.13. The molecule has 2 heterocycles. The Kier molecular flexibility index (Phi) is 6.18. The standard InChI is InChI=1S/C27H25N3O/c1-19-7-6-15-29-27(19)25(18-26(30-31)24-14-16-28-20(2)17-24)23-12-10-22(11-13-23)21-8-4-3-5-9-21/h3-17,25,31H,18H2,1-2H3/b30-26+. The van der Waals surface area contributed by atoms with E-state index in [9.17, 15) is 5.21 Å². The highest BCUT2D eigenvalue weighted by Crippen LogP contribution is 2.32. The Morgan fingerprint density at radius 2 is 1.58 bits per heavy atom. The van der Waals surface area contributed by atoms with E-state index in [0.717, 1.165) is 28.1 Å². The third-order valence-electron chi connectivity index (χ3n) is 5.55. The van der Waals surface area contributed by atoms with Crippen LogP contribution in [0.3, 0.4) is 0 Å². The average molecular weight is 408 g/mol. The predicted molar refractivity (Wildman–Crippen MR) is 125 cm³/mol. The highest BCUT2D eigenvalue weighted by atomic mass is 16.4. The minimum Gasteiger partial charge on any atom is -0.411 e. The number of benzene rings is 2. The zero-order valence-electron chi connectivity index (χ0n) is 17.7. The van der Waals surface area contributed by atoms with Crippen molar-refractivity contribution in [2.45, 2.75) is 26.2 Å². The highest BCUT2D eigenvalue weighted by molar-refractivity contribution is 6.00. The number of oxime groups is 1. The predicted octanol–water partition coefficient (Wildman–Crippen LogP) is 6.16. The van der Waals surface area contributed by atoms with Gasteiger partial charge in [0.25, 0.3) is 0 Å². The maximum absolute atomic E-state index is 9.82. The third kappa shape index (κ3) is 4.69. The van der Waals surface area contributed by atoms with Crippen LogP contribution in [0.4, 0.5) is 0 Å². The Labute approximate surface area is 183 Å². The lowest BCUT2D eigenvalue weighted by Gasteiger charge is -2.20. The van der Waals surface area contributed by atoms with E-state index in [1.807, 2.05) is 49.5 Å². The molecule has 0 spiro atoms. The maximum Gasteiger partial charge on any atom is 0.0879 e. The summed E-state index contributed by atoms with van der Waals surface area (Å²) in [4.78, 5) is 8.94. The monoisotopic (exact) mass is 407 g/mol. The Morgan fingerprint density at radius 3 is 2.26 bits per heavy atom. The van der Waals surface area contributed by atoms with Crippen molar-refractivity contribution in [1.82, 2.24) is 9.97 Å². The number of pyridine rings is 2. The molecule has 31 heavy (non-hydrogen) atoms. The molecule has 1 unspecified atom stereocenters. The van der Waals surface area contributed by atoms with Gasteiger partial charge >= 0.3 is 0 Å². The molecule has 0 bridgehead atoms. The van der Waals surface area contributed by atoms with E-state index in [-0.39, 0.29) is 5.92 Å². The zero-order valence-corrected chi connectivity index (χ0v) is 17.7. The first-order valence-corrected chi connectivity index (χ1v) is 10.4. The molecule has 0 saturated carbocycles. The van der Waals surface area contributed by atoms with E-state index < -0.39 is 0 Å². The van der Waals surface area contributed by atoms with Gasteiger partial charge in [-0.2, -0.15) is 0 Å². The molecular weight excluding hydrogens is 382 g/mol. The molecule has 4 rings (SSSR count). The number of aryl methyl sites for hydroxylation is 2. The van der Waals surface area contributed by atoms with E-state index in [1.165, 1.54) is 11.1 Å². The van der Waals surface area contributed by atoms with Crippen molar-refractivity contribution in [3.63, 3.8) is 0 Å². The normalized spacial score (nSPS) is 12.5. The molecule has 1 N–H and O–H groups in total. The first-order chi connectivity index (χ1) is 15.2. The fourth-order valence-corrected chi connectivity index (χ4v) is 3.91. The zero-order chi connectivity index (χ0) is 21.6. The van der Waals surface area contributed by atoms with Gasteiger partial charge in [-0.3, -0.25) is 9.97 Å². The quantitative estimate of drug-likeness (QED) is 0.236. The van der Waals surface area contributed by atoms with Crippen molar-refractivity contribution in [2.75, 3.05) is 0 Å². The van der Waals surface area contributed by atoms with Crippen molar-refractivity contribution in [1.29, 1.82) is 0 Å². The molecular formula is C27H25N3O. The fourth-order valence-electron chi connectivity index (χ4n) is 3.91. The van der Waals surface area contributed by atoms with Crippen LogP contribution in [0.15, 0.2) is 96.4 Å². The van der Waals surface area contributed by atoms with Gasteiger partial charge in [-0.05, 0) is 54.3 Å². The summed E-state index contributed by atoms with van der Waals surface area (Å²) in [5.74, 6) is -0.0367. The Hall–Kier alpha value is -3.79. The second-order valence-corrected chi connectivity index (χ2v) is 7.68. The molecule has 4 aromatic rings. The molecule has 4 nitrogen and oxygen atoms in total. The van der Waals surface area contributed by atoms with Crippen LogP contribution in [-0.2, 0) is 0 Å². The fraction of sp³-hybridized carbons (Fsp3) is 0.148. The number of aromatic nitrogens is 2. The average Bonchev–Trinajstić information content (AvgIpc) is 2.81. The van der Waals surface area contributed by atoms with Crippen LogP contribution < -0.4 is 0 Å². The van der Waals surface area contributed by atoms with Crippen molar-refractivity contribution < 1.29 is 5.21 Å². The molecule has 154 valence electrons. The molecule has 1 atom stereocenters. The van der Waals surface area contributed by atoms with Gasteiger partial charge in [-0.1, -0.05) is 65.8 Å². The van der Waals surface area contributed by atoms with E-state index >= 15 is 0 Å². The summed E-state index contributed by atoms with van der Waals surface area (Å²) in [6, 6.07) is 26.7. The van der Waals surface area contributed by atoms with Gasteiger partial charge in [0.2, 0.25) is 0 Å². The molecule has 0 aliphatic carbocycles. The van der Waals surface area contributed by atoms with E-state index in [2.05, 4.69) is 64.5 Å². The van der Waals surface area contributed by atoms with Gasteiger partial charge in [0, 0.05) is 36.0 Å². The van der Waals surface area contributed by atoms with Crippen LogP contribution in [-0.4, -0.2) is 20.9 Å². The Bertz CT molecular complexity index is 1180. The lowest BCUT2D eigenvalue weighted by atomic mass is 9.86. The smallest absolute Gasteiger partial charge is 0.0879 e. The SMILES string of the molecule is Cc1cc(/C(CC(c2ccc(-c3ccccc3)cc2)c2ncccc2C)=N/O)ccn1. The number of hydrogen-bond donors (Lipinski definition) is 1. The second kappa shape index (κ2) is 9.35. The first-order valence-electron chi connectivity index (χ1n) is 10.4. The summed E-state index contributed by atoms with van der Waals surface area (Å²) in [5.41, 5.74) is 7.96. The third-order valence-corrected chi connectivity index (χ3v) is 5.55. The molecule has 2 aromatic carbocycles. The van der Waals surface area contributed by atoms with Crippen LogP contribution in [0.2, 0.25) is 0 Å². The summed E-state index contributed by atoms with van der Waals surface area (Å²) in [7, 11) is 0. The minimum absolute atomic E-state index is 0.0367. The molecule has 0 aliphatic heterocycles. The van der Waals surface area contributed by atoms with Gasteiger partial charge in [-0.15, -0.1) is 0 Å². The van der Waals surface area contributed by atoms with Crippen molar-refractivity contribution in [3.05, 3.63) is 119 Å². The van der Waals surface area contributed by atoms with E-state index in [4.69, 9.17) is 0 Å². The number of hydrogen-bond acceptors (Lipinski definition) is 4. The van der Waals surface area contributed by atoms with Crippen LogP contribution in [0.25, 0.3) is 11.1 Å². The molecule has 0 aliphatic rings. The van der Waals surface area contributed by atoms with Crippen LogP contribution >= 0.6 is 0 Å². The topological polar surface area (TPSA) is 58.4 Å². The Balaban J connectivity index is 1.72. The van der Waals surface area contributed by atoms with E-state index in [1.54, 1.807) is 6.20 Å². The molecule has 4 heteroatoms. The van der Waals surface area contributed by atoms with Crippen molar-refractivity contribution in [2.24, 2.45) is 5.16 Å². The van der Waals surface area contributed by atoms with E-state index in [0.29, 0.717) is 12.1 Å². The summed E-state index contributed by atoms with van der Waals surface area (Å²) in [6.07, 6.45) is 4.09. The largest absolute Gasteiger partial charge is 0.411 e. The van der Waals surface area contributed by atoms with Crippen LogP contribution in [0.1, 0.15) is 40.4 Å². The summed E-state index contributed by atoms with van der Waals surface area (Å²) in [5, 5.41) is 13.5. The highest BCUT2D eigenvalue weighted by Gasteiger charge is 2.21. The van der Waals surface area contributed by atoms with Crippen LogP contribution in [0.5, 0.6) is 0 Å². The second-order valence-electron chi connectivity index (χ2n) is 7.68. The molecule has 0 amide bonds. The summed E-state index contributed by atoms with van der Waals surface area (Å²) >= 11 is 0. The number of rotatable bonds is 6. The van der Waals surface area contributed by atoms with Gasteiger partial charge in [0.1, 0.15) is 0 Å². The first kappa shape index (κ1) is 20.5. The van der Waals surface area contributed by atoms with Gasteiger partial charge in [0.05, 0.1) is 11.4 Å². The molecule has 0 radical (unpaired) electrons. The lowest BCUT2D eigenvalue weighted by molar-refractivity contribution is 0.317. The summed E-state index contributed by atoms with van der Waals surface area (Å²) < 4.78 is 0. The van der Waals surface area contributed by atoms with Crippen molar-refractivity contribution in [3.8, 4) is 11.1 Å².